The van der Waals surface area contributed by atoms with Crippen LogP contribution in [0.4, 0.5) is 10.5 Å². The van der Waals surface area contributed by atoms with Crippen LogP contribution >= 0.6 is 0 Å². The highest BCUT2D eigenvalue weighted by molar-refractivity contribution is 6.09. The lowest BCUT2D eigenvalue weighted by Gasteiger charge is -2.32. The van der Waals surface area contributed by atoms with Crippen LogP contribution in [0.15, 0.2) is 58.5 Å². The molecule has 0 atom stereocenters. The number of nitrogens with zero attached hydrogens (tertiary/aromatic N) is 4. The lowest BCUT2D eigenvalue weighted by molar-refractivity contribution is 0.156. The van der Waals surface area contributed by atoms with Gasteiger partial charge in [0, 0.05) is 12.1 Å². The van der Waals surface area contributed by atoms with Crippen LogP contribution in [0, 0.1) is 11.3 Å². The minimum absolute atomic E-state index is 0.128. The van der Waals surface area contributed by atoms with E-state index in [2.05, 4.69) is 11.2 Å². The van der Waals surface area contributed by atoms with Gasteiger partial charge in [-0.15, -0.1) is 0 Å². The quantitative estimate of drug-likeness (QED) is 0.816. The number of hydrazone groups is 1. The van der Waals surface area contributed by atoms with E-state index >= 15 is 0 Å². The van der Waals surface area contributed by atoms with Gasteiger partial charge < -0.3 is 10.8 Å². The van der Waals surface area contributed by atoms with E-state index in [4.69, 9.17) is 10.8 Å². The zero-order valence-corrected chi connectivity index (χ0v) is 11.6. The number of rotatable bonds is 1. The predicted octanol–water partition coefficient (Wildman–Crippen LogP) is 1.48. The molecule has 0 bridgehead atoms. The topological polar surface area (TPSA) is 106 Å². The Kier molecular flexibility index (Phi) is 3.27. The van der Waals surface area contributed by atoms with Crippen LogP contribution in [0.1, 0.15) is 0 Å². The second kappa shape index (κ2) is 5.26. The SMILES string of the molecule is N#CC1=C(N)N(c2ccccc2)N=C2CN(C(=O)O)CC=C21. The molecule has 2 heterocycles. The Morgan fingerprint density at radius 2 is 2.09 bits per heavy atom. The predicted molar refractivity (Wildman–Crippen MR) is 80.9 cm³/mol. The molecule has 0 aromatic heterocycles. The highest BCUT2D eigenvalue weighted by atomic mass is 16.4. The van der Waals surface area contributed by atoms with E-state index in [0.29, 0.717) is 22.5 Å². The van der Waals surface area contributed by atoms with E-state index in [1.807, 2.05) is 30.3 Å². The fraction of sp³-hybridized carbons (Fsp3) is 0.133. The van der Waals surface area contributed by atoms with Gasteiger partial charge >= 0.3 is 6.09 Å². The number of benzene rings is 1. The second-order valence-electron chi connectivity index (χ2n) is 4.85. The van der Waals surface area contributed by atoms with E-state index < -0.39 is 6.09 Å². The highest BCUT2D eigenvalue weighted by Crippen LogP contribution is 2.29. The smallest absolute Gasteiger partial charge is 0.407 e. The molecular weight excluding hydrogens is 282 g/mol. The molecule has 0 radical (unpaired) electrons. The Morgan fingerprint density at radius 1 is 1.36 bits per heavy atom. The van der Waals surface area contributed by atoms with Gasteiger partial charge in [-0.25, -0.2) is 9.80 Å². The van der Waals surface area contributed by atoms with Gasteiger partial charge in [-0.3, -0.25) is 4.90 Å². The number of carboxylic acid groups (broad SMARTS) is 1. The van der Waals surface area contributed by atoms with Gasteiger partial charge in [0.15, 0.2) is 0 Å². The maximum absolute atomic E-state index is 11.1. The molecule has 3 rings (SSSR count). The second-order valence-corrected chi connectivity index (χ2v) is 4.85. The maximum Gasteiger partial charge on any atom is 0.407 e. The van der Waals surface area contributed by atoms with Crippen LogP contribution < -0.4 is 10.7 Å². The van der Waals surface area contributed by atoms with Crippen molar-refractivity contribution < 1.29 is 9.90 Å². The van der Waals surface area contributed by atoms with Crippen molar-refractivity contribution in [1.82, 2.24) is 4.90 Å². The molecule has 0 spiro atoms. The first kappa shape index (κ1) is 13.7. The molecule has 0 fully saturated rings. The monoisotopic (exact) mass is 295 g/mol. The number of allylic oxidation sites excluding steroid dienone is 1. The lowest BCUT2D eigenvalue weighted by atomic mass is 9.97. The first-order chi connectivity index (χ1) is 10.6. The standard InChI is InChI=1S/C15H13N5O2/c16-8-12-11-6-7-19(15(21)22)9-13(11)18-20(14(12)17)10-4-2-1-3-5-10/h1-6H,7,9,17H2,(H,21,22). The van der Waals surface area contributed by atoms with Crippen molar-refractivity contribution in [3.05, 3.63) is 53.4 Å². The summed E-state index contributed by atoms with van der Waals surface area (Å²) >= 11 is 0. The van der Waals surface area contributed by atoms with Crippen LogP contribution in [0.5, 0.6) is 0 Å². The normalized spacial score (nSPS) is 17.4. The molecule has 3 N–H and O–H groups in total. The summed E-state index contributed by atoms with van der Waals surface area (Å²) in [5.74, 6) is 0.243. The van der Waals surface area contributed by atoms with Crippen molar-refractivity contribution in [1.29, 1.82) is 5.26 Å². The fourth-order valence-corrected chi connectivity index (χ4v) is 2.43. The summed E-state index contributed by atoms with van der Waals surface area (Å²) in [7, 11) is 0. The molecule has 2 aliphatic heterocycles. The zero-order chi connectivity index (χ0) is 15.7. The summed E-state index contributed by atoms with van der Waals surface area (Å²) in [4.78, 5) is 12.3. The van der Waals surface area contributed by atoms with E-state index in [1.54, 1.807) is 6.08 Å². The summed E-state index contributed by atoms with van der Waals surface area (Å²) in [6, 6.07) is 11.3. The number of amides is 1. The first-order valence-electron chi connectivity index (χ1n) is 6.63. The maximum atomic E-state index is 11.1. The van der Waals surface area contributed by atoms with E-state index in [0.717, 1.165) is 0 Å². The van der Waals surface area contributed by atoms with Crippen LogP contribution in [0.3, 0.4) is 0 Å². The van der Waals surface area contributed by atoms with Crippen molar-refractivity contribution >= 4 is 17.5 Å². The van der Waals surface area contributed by atoms with Gasteiger partial charge in [0.1, 0.15) is 17.5 Å². The molecule has 22 heavy (non-hydrogen) atoms. The molecule has 1 amide bonds. The summed E-state index contributed by atoms with van der Waals surface area (Å²) in [6.07, 6.45) is 0.648. The van der Waals surface area contributed by atoms with E-state index in [9.17, 15) is 10.1 Å². The largest absolute Gasteiger partial charge is 0.465 e. The summed E-state index contributed by atoms with van der Waals surface area (Å²) in [6.45, 7) is 0.344. The molecule has 0 unspecified atom stereocenters. The van der Waals surface area contributed by atoms with Gasteiger partial charge in [-0.2, -0.15) is 10.4 Å². The third-order valence-corrected chi connectivity index (χ3v) is 3.52. The van der Waals surface area contributed by atoms with Crippen molar-refractivity contribution in [2.75, 3.05) is 18.1 Å². The average molecular weight is 295 g/mol. The Morgan fingerprint density at radius 3 is 2.73 bits per heavy atom. The van der Waals surface area contributed by atoms with Gasteiger partial charge in [-0.1, -0.05) is 24.3 Å². The Bertz CT molecular complexity index is 758. The number of fused-ring (bicyclic) bond motifs is 1. The Balaban J connectivity index is 2.08. The van der Waals surface area contributed by atoms with Crippen LogP contribution in [-0.4, -0.2) is 34.9 Å². The number of nitriles is 1. The Labute approximate surface area is 126 Å². The number of nitrogens with two attached hydrogens (primary N) is 1. The summed E-state index contributed by atoms with van der Waals surface area (Å²) < 4.78 is 0. The molecular formula is C15H13N5O2. The minimum atomic E-state index is -1.02. The Hall–Kier alpha value is -3.27. The molecule has 2 aliphatic rings. The lowest BCUT2D eigenvalue weighted by Crippen LogP contribution is -2.42. The van der Waals surface area contributed by atoms with Gasteiger partial charge in [-0.05, 0) is 12.1 Å². The number of carbonyl (C=O) groups is 1. The number of hydrogen-bond acceptors (Lipinski definition) is 5. The van der Waals surface area contributed by atoms with E-state index in [-0.39, 0.29) is 18.9 Å². The number of hydrogen-bond donors (Lipinski definition) is 2. The fourth-order valence-electron chi connectivity index (χ4n) is 2.43. The third kappa shape index (κ3) is 2.16. The molecule has 1 aromatic rings. The van der Waals surface area contributed by atoms with Gasteiger partial charge in [0.25, 0.3) is 0 Å². The van der Waals surface area contributed by atoms with Crippen molar-refractivity contribution in [2.45, 2.75) is 0 Å². The van der Waals surface area contributed by atoms with Crippen molar-refractivity contribution in [2.24, 2.45) is 10.8 Å². The molecule has 1 aromatic carbocycles. The van der Waals surface area contributed by atoms with Gasteiger partial charge in [0.2, 0.25) is 0 Å². The van der Waals surface area contributed by atoms with E-state index in [1.165, 1.54) is 9.91 Å². The molecule has 0 saturated heterocycles. The van der Waals surface area contributed by atoms with Crippen LogP contribution in [0.2, 0.25) is 0 Å². The number of para-hydroxylation sites is 1. The van der Waals surface area contributed by atoms with Gasteiger partial charge in [0.05, 0.1) is 17.9 Å². The highest BCUT2D eigenvalue weighted by Gasteiger charge is 2.31. The van der Waals surface area contributed by atoms with Crippen LogP contribution in [0.25, 0.3) is 0 Å². The number of anilines is 1. The molecule has 0 aliphatic carbocycles. The summed E-state index contributed by atoms with van der Waals surface area (Å²) in [5.41, 5.74) is 8.24. The molecule has 7 heteroatoms. The average Bonchev–Trinajstić information content (AvgIpc) is 2.54. The molecule has 110 valence electrons. The third-order valence-electron chi connectivity index (χ3n) is 3.52. The first-order valence-corrected chi connectivity index (χ1v) is 6.63. The van der Waals surface area contributed by atoms with Crippen molar-refractivity contribution in [3.63, 3.8) is 0 Å². The minimum Gasteiger partial charge on any atom is -0.465 e. The van der Waals surface area contributed by atoms with Crippen LogP contribution in [-0.2, 0) is 0 Å². The molecule has 0 saturated carbocycles. The zero-order valence-electron chi connectivity index (χ0n) is 11.6. The summed E-state index contributed by atoms with van der Waals surface area (Å²) in [5, 5.41) is 24.4. The van der Waals surface area contributed by atoms with Crippen molar-refractivity contribution in [3.8, 4) is 6.07 Å². The molecule has 7 nitrogen and oxygen atoms in total.